The molecule has 0 saturated carbocycles. The summed E-state index contributed by atoms with van der Waals surface area (Å²) in [4.78, 5) is 0. The summed E-state index contributed by atoms with van der Waals surface area (Å²) in [6.07, 6.45) is 0. The average molecular weight is 395 g/mol. The monoisotopic (exact) mass is 395 g/mol. The van der Waals surface area contributed by atoms with E-state index in [1.807, 2.05) is 0 Å². The van der Waals surface area contributed by atoms with Gasteiger partial charge in [-0.3, -0.25) is 0 Å². The first-order valence-electron chi connectivity index (χ1n) is 0. The normalized spacial score (nSPS) is 0. The molecule has 0 bridgehead atoms. The van der Waals surface area contributed by atoms with Crippen molar-refractivity contribution in [3.05, 3.63) is 0 Å². The molecule has 3 N–H and O–H groups in total. The van der Waals surface area contributed by atoms with Crippen molar-refractivity contribution in [3.8, 4) is 0 Å². The van der Waals surface area contributed by atoms with Gasteiger partial charge in [-0.1, -0.05) is 0 Å². The van der Waals surface area contributed by atoms with Crippen molar-refractivity contribution in [1.29, 1.82) is 0 Å². The zero-order valence-electron chi connectivity index (χ0n) is 8.79. The first-order chi connectivity index (χ1) is 0. The van der Waals surface area contributed by atoms with Crippen LogP contribution >= 0.6 is 0 Å². The molecule has 0 aliphatic rings. The fraction of sp³-hybridized carbons (Fsp3) is 0. The fourth-order valence-corrected chi connectivity index (χ4v) is 0. The van der Waals surface area contributed by atoms with Crippen LogP contribution in [0.4, 0.5) is 0 Å². The van der Waals surface area contributed by atoms with Gasteiger partial charge in [0.1, 0.15) is 0 Å². The standard InChI is InChI=1S/14Al.H3N/h;;;;;;;;;;;;;;1H3/q14*+3;. The quantitative estimate of drug-likeness (QED) is 0.410. The van der Waals surface area contributed by atoms with E-state index in [4.69, 9.17) is 0 Å². The smallest absolute Gasteiger partial charge is 0.344 e. The maximum atomic E-state index is 0. The molecular weight excluding hydrogens is 392 g/mol. The Morgan fingerprint density at radius 2 is 0.133 bits per heavy atom. The van der Waals surface area contributed by atoms with Crippen LogP contribution in [0.15, 0.2) is 0 Å². The van der Waals surface area contributed by atoms with Crippen molar-refractivity contribution >= 4 is 243 Å². The van der Waals surface area contributed by atoms with E-state index in [0.29, 0.717) is 0 Å². The molecule has 0 atom stereocenters. The van der Waals surface area contributed by atoms with Gasteiger partial charge in [-0.05, 0) is 0 Å². The second kappa shape index (κ2) is 162. The predicted molar refractivity (Wildman–Crippen MR) is 85.6 cm³/mol. The van der Waals surface area contributed by atoms with Gasteiger partial charge in [0.25, 0.3) is 0 Å². The third-order valence-corrected chi connectivity index (χ3v) is 0. The van der Waals surface area contributed by atoms with Crippen LogP contribution in [0.3, 0.4) is 0 Å². The Morgan fingerprint density at radius 3 is 0.133 bits per heavy atom. The second-order valence-electron chi connectivity index (χ2n) is 0. The summed E-state index contributed by atoms with van der Waals surface area (Å²) in [6.45, 7) is 0. The van der Waals surface area contributed by atoms with Crippen LogP contribution in [0.5, 0.6) is 0 Å². The van der Waals surface area contributed by atoms with Crippen LogP contribution in [0.1, 0.15) is 0 Å². The Kier molecular flexibility index (Phi) is 2020. The maximum absolute atomic E-state index is 0. The SMILES string of the molecule is N.[Al+3].[Al+3].[Al+3].[Al+3].[Al+3].[Al+3].[Al+3].[Al+3].[Al+3].[Al+3].[Al+3].[Al+3].[Al+3].[Al+3]. The topological polar surface area (TPSA) is 35.0 Å². The first-order valence-corrected chi connectivity index (χ1v) is 0. The van der Waals surface area contributed by atoms with E-state index in [1.165, 1.54) is 0 Å². The van der Waals surface area contributed by atoms with Crippen molar-refractivity contribution in [3.63, 3.8) is 0 Å². The molecule has 0 fully saturated rings. The minimum absolute atomic E-state index is 0. The summed E-state index contributed by atoms with van der Waals surface area (Å²) in [5.74, 6) is 0. The molecule has 8 valence electrons. The molecule has 0 aromatic heterocycles. The summed E-state index contributed by atoms with van der Waals surface area (Å²) in [6, 6.07) is 0. The van der Waals surface area contributed by atoms with Crippen LogP contribution in [-0.4, -0.2) is 243 Å². The van der Waals surface area contributed by atoms with Gasteiger partial charge in [0.15, 0.2) is 0 Å². The first kappa shape index (κ1) is 187. The molecule has 0 aliphatic carbocycles. The van der Waals surface area contributed by atoms with Crippen LogP contribution < -0.4 is 6.15 Å². The third-order valence-electron chi connectivity index (χ3n) is 0. The molecular formula is H3Al14N+42. The van der Waals surface area contributed by atoms with Gasteiger partial charge in [-0.15, -0.1) is 0 Å². The van der Waals surface area contributed by atoms with Crippen LogP contribution in [0.25, 0.3) is 0 Å². The maximum Gasteiger partial charge on any atom is 3.00 e. The summed E-state index contributed by atoms with van der Waals surface area (Å²) >= 11 is 0. The zero-order valence-corrected chi connectivity index (χ0v) is 25.0. The number of hydrogen-bond donors (Lipinski definition) is 1. The predicted octanol–water partition coefficient (Wildman–Crippen LogP) is -5.17. The molecule has 0 radical (unpaired) electrons. The Labute approximate surface area is 244 Å². The number of hydrogen-bond acceptors (Lipinski definition) is 1. The van der Waals surface area contributed by atoms with Gasteiger partial charge >= 0.3 is 243 Å². The van der Waals surface area contributed by atoms with Gasteiger partial charge in [-0.25, -0.2) is 0 Å². The van der Waals surface area contributed by atoms with E-state index < -0.39 is 0 Å². The van der Waals surface area contributed by atoms with Crippen molar-refractivity contribution in [2.45, 2.75) is 0 Å². The van der Waals surface area contributed by atoms with Crippen LogP contribution in [-0.2, 0) is 0 Å². The van der Waals surface area contributed by atoms with Crippen molar-refractivity contribution in [2.24, 2.45) is 0 Å². The molecule has 0 saturated heterocycles. The zero-order chi connectivity index (χ0) is 0. The molecule has 0 aromatic rings. The molecule has 0 aliphatic heterocycles. The van der Waals surface area contributed by atoms with Crippen LogP contribution in [0, 0.1) is 0 Å². The summed E-state index contributed by atoms with van der Waals surface area (Å²) in [5, 5.41) is 0. The Hall–Kier alpha value is 7.41. The third kappa shape index (κ3) is 147. The molecule has 0 heterocycles. The molecule has 0 unspecified atom stereocenters. The van der Waals surface area contributed by atoms with Gasteiger partial charge in [0.2, 0.25) is 0 Å². The summed E-state index contributed by atoms with van der Waals surface area (Å²) < 4.78 is 0. The summed E-state index contributed by atoms with van der Waals surface area (Å²) in [5.41, 5.74) is 0. The Bertz CT molecular complexity index is 5.30. The minimum Gasteiger partial charge on any atom is -0.344 e. The second-order valence-corrected chi connectivity index (χ2v) is 0. The van der Waals surface area contributed by atoms with E-state index in [9.17, 15) is 0 Å². The van der Waals surface area contributed by atoms with Gasteiger partial charge in [0, 0.05) is 0 Å². The largest absolute Gasteiger partial charge is 3.00 e. The van der Waals surface area contributed by atoms with E-state index in [0.717, 1.165) is 0 Å². The molecule has 15 heteroatoms. The Morgan fingerprint density at radius 1 is 0.133 bits per heavy atom. The van der Waals surface area contributed by atoms with Crippen LogP contribution in [0.2, 0.25) is 0 Å². The van der Waals surface area contributed by atoms with E-state index in [-0.39, 0.29) is 249 Å². The fourth-order valence-electron chi connectivity index (χ4n) is 0. The van der Waals surface area contributed by atoms with Crippen molar-refractivity contribution in [2.75, 3.05) is 0 Å². The molecule has 0 spiro atoms. The molecule has 0 aromatic carbocycles. The Balaban J connectivity index is 0. The van der Waals surface area contributed by atoms with Crippen molar-refractivity contribution in [1.82, 2.24) is 6.15 Å². The number of rotatable bonds is 0. The van der Waals surface area contributed by atoms with E-state index in [2.05, 4.69) is 0 Å². The van der Waals surface area contributed by atoms with Crippen molar-refractivity contribution < 1.29 is 0 Å². The molecule has 0 rings (SSSR count). The summed E-state index contributed by atoms with van der Waals surface area (Å²) in [7, 11) is 0. The van der Waals surface area contributed by atoms with E-state index >= 15 is 0 Å². The van der Waals surface area contributed by atoms with E-state index in [1.54, 1.807) is 0 Å². The average Bonchev–Trinajstić information content (AvgIpc) is 0. The van der Waals surface area contributed by atoms with Gasteiger partial charge in [-0.2, -0.15) is 0 Å². The minimum atomic E-state index is 0. The molecule has 0 amide bonds. The molecule has 15 heavy (non-hydrogen) atoms. The van der Waals surface area contributed by atoms with Gasteiger partial charge in [0.05, 0.1) is 0 Å². The molecule has 1 nitrogen and oxygen atoms in total. The van der Waals surface area contributed by atoms with Gasteiger partial charge < -0.3 is 6.15 Å².